The van der Waals surface area contributed by atoms with Crippen LogP contribution >= 0.6 is 0 Å². The SMILES string of the molecule is Cc1ccc(-n2cc(C(=O)N3CCC(C)(CN)C3)nn2)cc1. The molecule has 22 heavy (non-hydrogen) atoms. The Bertz CT molecular complexity index is 678. The van der Waals surface area contributed by atoms with E-state index in [0.29, 0.717) is 18.8 Å². The van der Waals surface area contributed by atoms with Gasteiger partial charge in [-0.3, -0.25) is 4.79 Å². The van der Waals surface area contributed by atoms with Gasteiger partial charge in [0.25, 0.3) is 5.91 Å². The van der Waals surface area contributed by atoms with Crippen LogP contribution in [0.2, 0.25) is 0 Å². The van der Waals surface area contributed by atoms with Crippen LogP contribution in [0.3, 0.4) is 0 Å². The molecule has 1 amide bonds. The van der Waals surface area contributed by atoms with Gasteiger partial charge in [0.2, 0.25) is 0 Å². The Morgan fingerprint density at radius 1 is 1.36 bits per heavy atom. The number of likely N-dealkylation sites (tertiary alicyclic amines) is 1. The first kappa shape index (κ1) is 14.7. The molecule has 2 heterocycles. The number of aryl methyl sites for hydroxylation is 1. The van der Waals surface area contributed by atoms with Gasteiger partial charge < -0.3 is 10.6 Å². The number of nitrogens with two attached hydrogens (primary N) is 1. The summed E-state index contributed by atoms with van der Waals surface area (Å²) in [6.07, 6.45) is 2.62. The average Bonchev–Trinajstić information content (AvgIpc) is 3.15. The molecule has 1 aliphatic rings. The highest BCUT2D eigenvalue weighted by atomic mass is 16.2. The minimum absolute atomic E-state index is 0.0165. The molecule has 1 aromatic carbocycles. The molecule has 6 heteroatoms. The molecule has 1 fully saturated rings. The van der Waals surface area contributed by atoms with Crippen LogP contribution in [0, 0.1) is 12.3 Å². The molecule has 1 saturated heterocycles. The van der Waals surface area contributed by atoms with Crippen LogP contribution in [0.25, 0.3) is 5.69 Å². The van der Waals surface area contributed by atoms with Crippen molar-refractivity contribution in [3.8, 4) is 5.69 Å². The first-order valence-corrected chi connectivity index (χ1v) is 7.49. The first-order chi connectivity index (χ1) is 10.5. The highest BCUT2D eigenvalue weighted by molar-refractivity contribution is 5.92. The minimum Gasteiger partial charge on any atom is -0.337 e. The summed E-state index contributed by atoms with van der Waals surface area (Å²) in [6.45, 7) is 6.14. The smallest absolute Gasteiger partial charge is 0.276 e. The summed E-state index contributed by atoms with van der Waals surface area (Å²) >= 11 is 0. The lowest BCUT2D eigenvalue weighted by Crippen LogP contribution is -2.34. The Labute approximate surface area is 129 Å². The van der Waals surface area contributed by atoms with Crippen LogP contribution in [-0.4, -0.2) is 45.4 Å². The molecule has 0 aliphatic carbocycles. The van der Waals surface area contributed by atoms with Gasteiger partial charge in [0.1, 0.15) is 0 Å². The maximum Gasteiger partial charge on any atom is 0.276 e. The largest absolute Gasteiger partial charge is 0.337 e. The number of aromatic nitrogens is 3. The standard InChI is InChI=1S/C16H21N5O/c1-12-3-5-13(6-4-12)21-9-14(18-19-21)15(22)20-8-7-16(2,10-17)11-20/h3-6,9H,7-8,10-11,17H2,1-2H3. The van der Waals surface area contributed by atoms with Crippen molar-refractivity contribution in [1.82, 2.24) is 19.9 Å². The van der Waals surface area contributed by atoms with Gasteiger partial charge in [-0.15, -0.1) is 5.10 Å². The van der Waals surface area contributed by atoms with E-state index in [1.807, 2.05) is 36.1 Å². The molecule has 0 saturated carbocycles. The molecule has 0 radical (unpaired) electrons. The van der Waals surface area contributed by atoms with Gasteiger partial charge >= 0.3 is 0 Å². The van der Waals surface area contributed by atoms with Crippen LogP contribution in [-0.2, 0) is 0 Å². The Kier molecular flexibility index (Phi) is 3.70. The quantitative estimate of drug-likeness (QED) is 0.929. The zero-order chi connectivity index (χ0) is 15.7. The molecular formula is C16H21N5O. The highest BCUT2D eigenvalue weighted by Gasteiger charge is 2.35. The molecule has 0 spiro atoms. The number of hydrogen-bond acceptors (Lipinski definition) is 4. The molecule has 0 bridgehead atoms. The van der Waals surface area contributed by atoms with Crippen molar-refractivity contribution in [3.05, 3.63) is 41.7 Å². The average molecular weight is 299 g/mol. The van der Waals surface area contributed by atoms with Crippen molar-refractivity contribution in [1.29, 1.82) is 0 Å². The lowest BCUT2D eigenvalue weighted by Gasteiger charge is -2.21. The van der Waals surface area contributed by atoms with Crippen LogP contribution in [0.4, 0.5) is 0 Å². The molecule has 2 N–H and O–H groups in total. The van der Waals surface area contributed by atoms with E-state index in [1.165, 1.54) is 5.56 Å². The van der Waals surface area contributed by atoms with Gasteiger partial charge in [-0.05, 0) is 37.4 Å². The number of amides is 1. The number of carbonyl (C=O) groups excluding carboxylic acids is 1. The third-order valence-corrected chi connectivity index (χ3v) is 4.35. The number of benzene rings is 1. The molecule has 6 nitrogen and oxygen atoms in total. The zero-order valence-corrected chi connectivity index (χ0v) is 13.0. The second-order valence-corrected chi connectivity index (χ2v) is 6.38. The molecule has 3 rings (SSSR count). The molecular weight excluding hydrogens is 278 g/mol. The summed E-state index contributed by atoms with van der Waals surface area (Å²) in [5, 5.41) is 8.08. The molecule has 116 valence electrons. The van der Waals surface area contributed by atoms with Crippen molar-refractivity contribution in [2.24, 2.45) is 11.1 Å². The summed E-state index contributed by atoms with van der Waals surface area (Å²) in [5.74, 6) is -0.0736. The van der Waals surface area contributed by atoms with E-state index in [9.17, 15) is 4.79 Å². The van der Waals surface area contributed by atoms with Crippen LogP contribution in [0.15, 0.2) is 30.5 Å². The summed E-state index contributed by atoms with van der Waals surface area (Å²) < 4.78 is 1.63. The van der Waals surface area contributed by atoms with Gasteiger partial charge in [-0.1, -0.05) is 29.8 Å². The van der Waals surface area contributed by atoms with E-state index < -0.39 is 0 Å². The third-order valence-electron chi connectivity index (χ3n) is 4.35. The zero-order valence-electron chi connectivity index (χ0n) is 13.0. The summed E-state index contributed by atoms with van der Waals surface area (Å²) in [5.41, 5.74) is 8.26. The van der Waals surface area contributed by atoms with Crippen LogP contribution in [0.5, 0.6) is 0 Å². The monoisotopic (exact) mass is 299 g/mol. The number of nitrogens with zero attached hydrogens (tertiary/aromatic N) is 4. The fourth-order valence-corrected chi connectivity index (χ4v) is 2.71. The van der Waals surface area contributed by atoms with E-state index in [2.05, 4.69) is 17.2 Å². The van der Waals surface area contributed by atoms with Crippen molar-refractivity contribution in [2.75, 3.05) is 19.6 Å². The van der Waals surface area contributed by atoms with Gasteiger partial charge in [-0.25, -0.2) is 4.68 Å². The minimum atomic E-state index is -0.0736. The van der Waals surface area contributed by atoms with Crippen molar-refractivity contribution in [2.45, 2.75) is 20.3 Å². The third kappa shape index (κ3) is 2.74. The lowest BCUT2D eigenvalue weighted by molar-refractivity contribution is 0.0771. The van der Waals surface area contributed by atoms with Crippen molar-refractivity contribution >= 4 is 5.91 Å². The number of hydrogen-bond donors (Lipinski definition) is 1. The second-order valence-electron chi connectivity index (χ2n) is 6.38. The summed E-state index contributed by atoms with van der Waals surface area (Å²) in [6, 6.07) is 7.93. The van der Waals surface area contributed by atoms with Gasteiger partial charge in [-0.2, -0.15) is 0 Å². The number of rotatable bonds is 3. The van der Waals surface area contributed by atoms with Crippen LogP contribution in [0.1, 0.15) is 29.4 Å². The van der Waals surface area contributed by atoms with E-state index in [-0.39, 0.29) is 11.3 Å². The van der Waals surface area contributed by atoms with Crippen molar-refractivity contribution in [3.63, 3.8) is 0 Å². The molecule has 1 atom stereocenters. The molecule has 1 unspecified atom stereocenters. The predicted octanol–water partition coefficient (Wildman–Crippen LogP) is 1.39. The Balaban J connectivity index is 1.76. The van der Waals surface area contributed by atoms with Crippen molar-refractivity contribution < 1.29 is 4.79 Å². The Morgan fingerprint density at radius 2 is 2.09 bits per heavy atom. The van der Waals surface area contributed by atoms with E-state index in [4.69, 9.17) is 5.73 Å². The van der Waals surface area contributed by atoms with Crippen LogP contribution < -0.4 is 5.73 Å². The Morgan fingerprint density at radius 3 is 2.73 bits per heavy atom. The van der Waals surface area contributed by atoms with E-state index >= 15 is 0 Å². The van der Waals surface area contributed by atoms with E-state index in [1.54, 1.807) is 10.9 Å². The summed E-state index contributed by atoms with van der Waals surface area (Å²) in [4.78, 5) is 14.3. The van der Waals surface area contributed by atoms with Gasteiger partial charge in [0.15, 0.2) is 5.69 Å². The topological polar surface area (TPSA) is 77.0 Å². The molecule has 1 aliphatic heterocycles. The highest BCUT2D eigenvalue weighted by Crippen LogP contribution is 2.29. The maximum atomic E-state index is 12.5. The lowest BCUT2D eigenvalue weighted by atomic mass is 9.90. The summed E-state index contributed by atoms with van der Waals surface area (Å²) in [7, 11) is 0. The predicted molar refractivity (Wildman–Crippen MR) is 83.8 cm³/mol. The maximum absolute atomic E-state index is 12.5. The first-order valence-electron chi connectivity index (χ1n) is 7.49. The fraction of sp³-hybridized carbons (Fsp3) is 0.438. The van der Waals surface area contributed by atoms with Gasteiger partial charge in [0, 0.05) is 13.1 Å². The molecule has 1 aromatic heterocycles. The normalized spacial score (nSPS) is 21.3. The fourth-order valence-electron chi connectivity index (χ4n) is 2.71. The second kappa shape index (κ2) is 5.53. The molecule has 2 aromatic rings. The van der Waals surface area contributed by atoms with Gasteiger partial charge in [0.05, 0.1) is 11.9 Å². The Hall–Kier alpha value is -2.21. The number of carbonyl (C=O) groups is 1. The van der Waals surface area contributed by atoms with E-state index in [0.717, 1.165) is 18.7 Å².